The number of benzene rings is 1. The van der Waals surface area contributed by atoms with Gasteiger partial charge in [0.15, 0.2) is 0 Å². The quantitative estimate of drug-likeness (QED) is 0.454. The number of nitrogens with two attached hydrogens (primary N) is 1. The van der Waals surface area contributed by atoms with E-state index in [-0.39, 0.29) is 24.3 Å². The highest BCUT2D eigenvalue weighted by Crippen LogP contribution is 2.22. The summed E-state index contributed by atoms with van der Waals surface area (Å²) in [7, 11) is 0. The third kappa shape index (κ3) is 4.92. The molecule has 0 aliphatic rings. The first-order chi connectivity index (χ1) is 15.8. The molecule has 3 heterocycles. The monoisotopic (exact) mass is 451 g/mol. The minimum absolute atomic E-state index is 0.0184. The van der Waals surface area contributed by atoms with Crippen LogP contribution in [0.25, 0.3) is 10.9 Å². The fourth-order valence-electron chi connectivity index (χ4n) is 3.38. The zero-order chi connectivity index (χ0) is 23.5. The highest BCUT2D eigenvalue weighted by atomic mass is 19.3. The Morgan fingerprint density at radius 1 is 1.09 bits per heavy atom. The van der Waals surface area contributed by atoms with Crippen molar-refractivity contribution >= 4 is 22.6 Å². The maximum Gasteiger partial charge on any atom is 0.265 e. The molecule has 2 N–H and O–H groups in total. The summed E-state index contributed by atoms with van der Waals surface area (Å²) in [6.45, 7) is 1.68. The number of carbonyl (C=O) groups excluding carboxylic acids is 1. The van der Waals surface area contributed by atoms with E-state index in [2.05, 4.69) is 15.0 Å². The van der Waals surface area contributed by atoms with Crippen molar-refractivity contribution in [1.29, 1.82) is 0 Å². The average Bonchev–Trinajstić information content (AvgIpc) is 2.80. The van der Waals surface area contributed by atoms with E-state index >= 15 is 0 Å². The molecule has 33 heavy (non-hydrogen) atoms. The molecule has 0 fully saturated rings. The van der Waals surface area contributed by atoms with Crippen LogP contribution in [0.4, 0.5) is 19.0 Å². The number of aryl methyl sites for hydroxylation is 1. The number of fused-ring (bicyclic) bond motifs is 1. The first-order valence-electron chi connectivity index (χ1n) is 10.1. The third-order valence-electron chi connectivity index (χ3n) is 5.21. The van der Waals surface area contributed by atoms with Gasteiger partial charge < -0.3 is 10.6 Å². The number of nitrogen functional groups attached to an aromatic ring is 1. The molecule has 0 aliphatic carbocycles. The summed E-state index contributed by atoms with van der Waals surface area (Å²) in [5, 5.41) is 0.732. The van der Waals surface area contributed by atoms with E-state index in [1.165, 1.54) is 35.4 Å². The van der Waals surface area contributed by atoms with E-state index in [1.54, 1.807) is 18.2 Å². The number of halogens is 3. The van der Waals surface area contributed by atoms with Gasteiger partial charge in [-0.15, -0.1) is 0 Å². The van der Waals surface area contributed by atoms with Crippen LogP contribution in [0.2, 0.25) is 0 Å². The van der Waals surface area contributed by atoms with Crippen LogP contribution in [-0.4, -0.2) is 25.8 Å². The van der Waals surface area contributed by atoms with Crippen LogP contribution in [0, 0.1) is 12.7 Å². The molecule has 1 amide bonds. The van der Waals surface area contributed by atoms with Crippen molar-refractivity contribution in [2.24, 2.45) is 0 Å². The molecule has 1 aromatic carbocycles. The van der Waals surface area contributed by atoms with Gasteiger partial charge in [-0.1, -0.05) is 0 Å². The molecule has 0 saturated carbocycles. The van der Waals surface area contributed by atoms with Crippen LogP contribution in [0.1, 0.15) is 39.3 Å². The van der Waals surface area contributed by atoms with Crippen molar-refractivity contribution in [1.82, 2.24) is 19.9 Å². The Bertz CT molecular complexity index is 1310. The number of rotatable bonds is 6. The molecule has 0 radical (unpaired) electrons. The molecule has 0 aliphatic heterocycles. The fourth-order valence-corrected chi connectivity index (χ4v) is 3.38. The highest BCUT2D eigenvalue weighted by molar-refractivity contribution is 5.98. The second kappa shape index (κ2) is 9.23. The van der Waals surface area contributed by atoms with Crippen molar-refractivity contribution in [3.8, 4) is 0 Å². The van der Waals surface area contributed by atoms with E-state index in [1.807, 2.05) is 13.0 Å². The zero-order valence-corrected chi connectivity index (χ0v) is 17.7. The lowest BCUT2D eigenvalue weighted by Gasteiger charge is -2.23. The molecule has 0 bridgehead atoms. The van der Waals surface area contributed by atoms with Crippen LogP contribution >= 0.6 is 0 Å². The topological polar surface area (TPSA) is 85.0 Å². The Balaban J connectivity index is 1.68. The van der Waals surface area contributed by atoms with Gasteiger partial charge in [-0.05, 0) is 61.0 Å². The van der Waals surface area contributed by atoms with Crippen molar-refractivity contribution in [2.75, 3.05) is 5.73 Å². The SMILES string of the molecule is Cc1cc2cc(C(=O)N(Cc3ccc(C(F)F)cn3)Cc3ncccc3F)ccc2nc1N. The van der Waals surface area contributed by atoms with Gasteiger partial charge in [0.05, 0.1) is 30.0 Å². The molecule has 0 spiro atoms. The summed E-state index contributed by atoms with van der Waals surface area (Å²) in [6.07, 6.45) is -0.138. The number of hydrogen-bond donors (Lipinski definition) is 1. The predicted octanol–water partition coefficient (Wildman–Crippen LogP) is 4.83. The van der Waals surface area contributed by atoms with Crippen molar-refractivity contribution in [3.05, 3.63) is 94.8 Å². The molecule has 4 aromatic rings. The first-order valence-corrected chi connectivity index (χ1v) is 10.1. The van der Waals surface area contributed by atoms with Crippen LogP contribution in [0.15, 0.2) is 60.9 Å². The third-order valence-corrected chi connectivity index (χ3v) is 5.21. The number of aromatic nitrogens is 3. The molecule has 0 unspecified atom stereocenters. The molecular weight excluding hydrogens is 431 g/mol. The van der Waals surface area contributed by atoms with E-state index in [0.717, 1.165) is 17.1 Å². The van der Waals surface area contributed by atoms with E-state index in [4.69, 9.17) is 5.73 Å². The number of hydrogen-bond acceptors (Lipinski definition) is 5. The minimum Gasteiger partial charge on any atom is -0.383 e. The van der Waals surface area contributed by atoms with Crippen LogP contribution < -0.4 is 5.73 Å². The summed E-state index contributed by atoms with van der Waals surface area (Å²) in [5.41, 5.74) is 7.89. The summed E-state index contributed by atoms with van der Waals surface area (Å²) >= 11 is 0. The van der Waals surface area contributed by atoms with Crippen molar-refractivity contribution < 1.29 is 18.0 Å². The normalized spacial score (nSPS) is 11.2. The van der Waals surface area contributed by atoms with Gasteiger partial charge in [-0.3, -0.25) is 14.8 Å². The molecule has 3 aromatic heterocycles. The van der Waals surface area contributed by atoms with Crippen LogP contribution in [0.5, 0.6) is 0 Å². The second-order valence-corrected chi connectivity index (χ2v) is 7.57. The standard InChI is InChI=1S/C24H20F3N5O/c1-14-9-17-10-15(5-7-20(17)31-23(14)28)24(33)32(13-21-19(25)3-2-8-29-21)12-18-6-4-16(11-30-18)22(26)27/h2-11,22H,12-13H2,1H3,(H2,28,31). The van der Waals surface area contributed by atoms with E-state index < -0.39 is 18.1 Å². The van der Waals surface area contributed by atoms with Gasteiger partial charge in [0.1, 0.15) is 11.6 Å². The smallest absolute Gasteiger partial charge is 0.265 e. The Morgan fingerprint density at radius 3 is 2.61 bits per heavy atom. The molecule has 9 heteroatoms. The lowest BCUT2D eigenvalue weighted by Crippen LogP contribution is -2.31. The minimum atomic E-state index is -2.64. The van der Waals surface area contributed by atoms with Gasteiger partial charge in [-0.25, -0.2) is 18.2 Å². The number of alkyl halides is 2. The van der Waals surface area contributed by atoms with Crippen LogP contribution in [0.3, 0.4) is 0 Å². The highest BCUT2D eigenvalue weighted by Gasteiger charge is 2.20. The number of carbonyl (C=O) groups is 1. The Labute approximate surface area is 187 Å². The number of pyridine rings is 3. The molecular formula is C24H20F3N5O. The Hall–Kier alpha value is -4.01. The number of nitrogens with zero attached hydrogens (tertiary/aromatic N) is 4. The number of anilines is 1. The summed E-state index contributed by atoms with van der Waals surface area (Å²) in [6, 6.07) is 12.2. The zero-order valence-electron chi connectivity index (χ0n) is 17.7. The molecule has 168 valence electrons. The van der Waals surface area contributed by atoms with Crippen molar-refractivity contribution in [3.63, 3.8) is 0 Å². The van der Waals surface area contributed by atoms with Crippen molar-refractivity contribution in [2.45, 2.75) is 26.4 Å². The summed E-state index contributed by atoms with van der Waals surface area (Å²) < 4.78 is 40.0. The van der Waals surface area contributed by atoms with Gasteiger partial charge in [0, 0.05) is 28.9 Å². The van der Waals surface area contributed by atoms with Gasteiger partial charge >= 0.3 is 0 Å². The largest absolute Gasteiger partial charge is 0.383 e. The Kier molecular flexibility index (Phi) is 6.21. The average molecular weight is 451 g/mol. The van der Waals surface area contributed by atoms with Gasteiger partial charge in [-0.2, -0.15) is 0 Å². The molecule has 6 nitrogen and oxygen atoms in total. The maximum atomic E-state index is 14.3. The number of amides is 1. The van der Waals surface area contributed by atoms with E-state index in [0.29, 0.717) is 22.6 Å². The summed E-state index contributed by atoms with van der Waals surface area (Å²) in [4.78, 5) is 27.2. The van der Waals surface area contributed by atoms with E-state index in [9.17, 15) is 18.0 Å². The maximum absolute atomic E-state index is 14.3. The first kappa shape index (κ1) is 22.2. The second-order valence-electron chi connectivity index (χ2n) is 7.57. The van der Waals surface area contributed by atoms with Crippen LogP contribution in [-0.2, 0) is 13.1 Å². The fraction of sp³-hybridized carbons (Fsp3) is 0.167. The lowest BCUT2D eigenvalue weighted by atomic mass is 10.1. The van der Waals surface area contributed by atoms with Gasteiger partial charge in [0.2, 0.25) is 0 Å². The summed E-state index contributed by atoms with van der Waals surface area (Å²) in [5.74, 6) is -0.534. The molecule has 4 rings (SSSR count). The van der Waals surface area contributed by atoms with Gasteiger partial charge in [0.25, 0.3) is 12.3 Å². The predicted molar refractivity (Wildman–Crippen MR) is 118 cm³/mol. The lowest BCUT2D eigenvalue weighted by molar-refractivity contribution is 0.0723. The Morgan fingerprint density at radius 2 is 1.91 bits per heavy atom. The molecule has 0 saturated heterocycles. The molecule has 0 atom stereocenters.